The van der Waals surface area contributed by atoms with Crippen LogP contribution in [-0.4, -0.2) is 19.1 Å². The molecular weight excluding hydrogens is 641 g/mol. The zero-order chi connectivity index (χ0) is 33.5. The van der Waals surface area contributed by atoms with E-state index < -0.39 is 0 Å². The van der Waals surface area contributed by atoms with Gasteiger partial charge in [-0.2, -0.15) is 0 Å². The van der Waals surface area contributed by atoms with Crippen molar-refractivity contribution >= 4 is 75.3 Å². The zero-order valence-electron chi connectivity index (χ0n) is 27.4. The Bertz CT molecular complexity index is 3090. The first-order chi connectivity index (χ1) is 25.3. The second-order valence-electron chi connectivity index (χ2n) is 13.0. The molecule has 4 heterocycles. The predicted molar refractivity (Wildman–Crippen MR) is 214 cm³/mol. The highest BCUT2D eigenvalue weighted by Crippen LogP contribution is 2.42. The summed E-state index contributed by atoms with van der Waals surface area (Å²) in [7, 11) is 0. The molecule has 0 aliphatic carbocycles. The summed E-state index contributed by atoms with van der Waals surface area (Å²) in [5, 5.41) is 5.99. The SMILES string of the molecule is c1ccc(-c2ccc3c4ccccc4n(-c4ccccc4-c4nc(-n5c6ccccc6c6ccccc65)c5sc6ccccc6c5n4)c3c2)cc1. The van der Waals surface area contributed by atoms with Gasteiger partial charge in [0.05, 0.1) is 38.0 Å². The maximum Gasteiger partial charge on any atom is 0.164 e. The lowest BCUT2D eigenvalue weighted by atomic mass is 10.0. The van der Waals surface area contributed by atoms with E-state index in [1.54, 1.807) is 11.3 Å². The fourth-order valence-corrected chi connectivity index (χ4v) is 9.02. The van der Waals surface area contributed by atoms with Crippen molar-refractivity contribution < 1.29 is 0 Å². The van der Waals surface area contributed by atoms with Crippen molar-refractivity contribution in [1.29, 1.82) is 0 Å². The Morgan fingerprint density at radius 2 is 0.980 bits per heavy atom. The number of nitrogens with zero attached hydrogens (tertiary/aromatic N) is 4. The number of benzene rings is 7. The first kappa shape index (κ1) is 28.3. The molecular formula is C46H28N4S. The van der Waals surface area contributed by atoms with Crippen molar-refractivity contribution in [2.75, 3.05) is 0 Å². The van der Waals surface area contributed by atoms with E-state index in [9.17, 15) is 0 Å². The van der Waals surface area contributed by atoms with Crippen molar-refractivity contribution in [1.82, 2.24) is 19.1 Å². The van der Waals surface area contributed by atoms with Gasteiger partial charge in [-0.25, -0.2) is 9.97 Å². The van der Waals surface area contributed by atoms with E-state index in [-0.39, 0.29) is 0 Å². The van der Waals surface area contributed by atoms with Crippen LogP contribution in [0.5, 0.6) is 0 Å². The lowest BCUT2D eigenvalue weighted by Crippen LogP contribution is -2.04. The Kier molecular flexibility index (Phi) is 6.09. The molecule has 11 aromatic rings. The summed E-state index contributed by atoms with van der Waals surface area (Å²) >= 11 is 1.76. The molecule has 11 rings (SSSR count). The number of thiophene rings is 1. The van der Waals surface area contributed by atoms with E-state index >= 15 is 0 Å². The van der Waals surface area contributed by atoms with Gasteiger partial charge < -0.3 is 4.57 Å². The maximum atomic E-state index is 5.55. The van der Waals surface area contributed by atoms with E-state index in [1.807, 2.05) is 0 Å². The molecule has 0 atom stereocenters. The summed E-state index contributed by atoms with van der Waals surface area (Å²) in [6.45, 7) is 0. The largest absolute Gasteiger partial charge is 0.308 e. The molecule has 0 radical (unpaired) electrons. The van der Waals surface area contributed by atoms with Crippen LogP contribution in [0.4, 0.5) is 0 Å². The van der Waals surface area contributed by atoms with Crippen LogP contribution in [0, 0.1) is 0 Å². The van der Waals surface area contributed by atoms with Crippen LogP contribution in [-0.2, 0) is 0 Å². The van der Waals surface area contributed by atoms with Gasteiger partial charge in [0.2, 0.25) is 0 Å². The van der Waals surface area contributed by atoms with Gasteiger partial charge in [0.25, 0.3) is 0 Å². The maximum absolute atomic E-state index is 5.55. The molecule has 4 aromatic heterocycles. The molecule has 4 nitrogen and oxygen atoms in total. The summed E-state index contributed by atoms with van der Waals surface area (Å²) in [6.07, 6.45) is 0. The summed E-state index contributed by atoms with van der Waals surface area (Å²) in [4.78, 5) is 11.0. The minimum atomic E-state index is 0.698. The van der Waals surface area contributed by atoms with Crippen molar-refractivity contribution in [3.8, 4) is 34.0 Å². The molecule has 0 amide bonds. The second kappa shape index (κ2) is 11.0. The van der Waals surface area contributed by atoms with Crippen molar-refractivity contribution in [2.45, 2.75) is 0 Å². The van der Waals surface area contributed by atoms with E-state index in [4.69, 9.17) is 9.97 Å². The van der Waals surface area contributed by atoms with Crippen molar-refractivity contribution in [3.63, 3.8) is 0 Å². The highest BCUT2D eigenvalue weighted by molar-refractivity contribution is 7.26. The van der Waals surface area contributed by atoms with Gasteiger partial charge in [-0.05, 0) is 53.6 Å². The van der Waals surface area contributed by atoms with Gasteiger partial charge in [0, 0.05) is 37.2 Å². The van der Waals surface area contributed by atoms with Crippen LogP contribution >= 0.6 is 11.3 Å². The Labute approximate surface area is 297 Å². The first-order valence-electron chi connectivity index (χ1n) is 17.2. The van der Waals surface area contributed by atoms with Crippen molar-refractivity contribution in [2.24, 2.45) is 0 Å². The molecule has 238 valence electrons. The lowest BCUT2D eigenvalue weighted by Gasteiger charge is -2.15. The fourth-order valence-electron chi connectivity index (χ4n) is 7.90. The molecule has 7 aromatic carbocycles. The number of aromatic nitrogens is 4. The number of hydrogen-bond acceptors (Lipinski definition) is 3. The smallest absolute Gasteiger partial charge is 0.164 e. The average molecular weight is 669 g/mol. The minimum Gasteiger partial charge on any atom is -0.308 e. The quantitative estimate of drug-likeness (QED) is 0.187. The monoisotopic (exact) mass is 668 g/mol. The van der Waals surface area contributed by atoms with Crippen molar-refractivity contribution in [3.05, 3.63) is 170 Å². The van der Waals surface area contributed by atoms with Gasteiger partial charge in [0.15, 0.2) is 11.6 Å². The Morgan fingerprint density at radius 3 is 1.71 bits per heavy atom. The summed E-state index contributed by atoms with van der Waals surface area (Å²) < 4.78 is 7.01. The topological polar surface area (TPSA) is 35.6 Å². The Hall–Kier alpha value is -6.56. The molecule has 0 spiro atoms. The van der Waals surface area contributed by atoms with Crippen LogP contribution in [0.3, 0.4) is 0 Å². The molecule has 51 heavy (non-hydrogen) atoms. The zero-order valence-corrected chi connectivity index (χ0v) is 28.2. The molecule has 0 fully saturated rings. The third kappa shape index (κ3) is 4.19. The molecule has 0 saturated heterocycles. The third-order valence-electron chi connectivity index (χ3n) is 10.2. The summed E-state index contributed by atoms with van der Waals surface area (Å²) in [5.41, 5.74) is 9.92. The highest BCUT2D eigenvalue weighted by Gasteiger charge is 2.23. The van der Waals surface area contributed by atoms with E-state index in [0.29, 0.717) is 5.82 Å². The normalized spacial score (nSPS) is 11.9. The van der Waals surface area contributed by atoms with Gasteiger partial charge in [-0.3, -0.25) is 4.57 Å². The molecule has 0 unspecified atom stereocenters. The molecule has 5 heteroatoms. The molecule has 0 N–H and O–H groups in total. The Morgan fingerprint density at radius 1 is 0.412 bits per heavy atom. The Balaban J connectivity index is 1.24. The molecule has 0 aliphatic rings. The van der Waals surface area contributed by atoms with Crippen LogP contribution in [0.25, 0.3) is 97.9 Å². The molecule has 0 saturated carbocycles. The number of hydrogen-bond donors (Lipinski definition) is 0. The van der Waals surface area contributed by atoms with E-state index in [0.717, 1.165) is 54.7 Å². The molecule has 0 bridgehead atoms. The van der Waals surface area contributed by atoms with Gasteiger partial charge in [-0.15, -0.1) is 11.3 Å². The predicted octanol–water partition coefficient (Wildman–Crippen LogP) is 12.4. The van der Waals surface area contributed by atoms with E-state index in [1.165, 1.54) is 37.4 Å². The number of rotatable bonds is 4. The summed E-state index contributed by atoms with van der Waals surface area (Å²) in [6, 6.07) is 60.6. The van der Waals surface area contributed by atoms with Crippen LogP contribution < -0.4 is 0 Å². The minimum absolute atomic E-state index is 0.698. The van der Waals surface area contributed by atoms with Gasteiger partial charge in [-0.1, -0.05) is 127 Å². The van der Waals surface area contributed by atoms with E-state index in [2.05, 4.69) is 179 Å². The van der Waals surface area contributed by atoms with Gasteiger partial charge >= 0.3 is 0 Å². The van der Waals surface area contributed by atoms with Gasteiger partial charge in [0.1, 0.15) is 0 Å². The first-order valence-corrected chi connectivity index (χ1v) is 18.0. The summed E-state index contributed by atoms with van der Waals surface area (Å²) in [5.74, 6) is 1.60. The second-order valence-corrected chi connectivity index (χ2v) is 14.0. The van der Waals surface area contributed by atoms with Crippen LogP contribution in [0.15, 0.2) is 170 Å². The third-order valence-corrected chi connectivity index (χ3v) is 11.3. The lowest BCUT2D eigenvalue weighted by molar-refractivity contribution is 1.07. The van der Waals surface area contributed by atoms with Crippen LogP contribution in [0.2, 0.25) is 0 Å². The van der Waals surface area contributed by atoms with Crippen LogP contribution in [0.1, 0.15) is 0 Å². The highest BCUT2D eigenvalue weighted by atomic mass is 32.1. The fraction of sp³-hybridized carbons (Fsp3) is 0. The standard InChI is InChI=1S/C46H28N4S/c1-2-14-29(15-3-1)30-26-27-34-33-18-4-9-21-37(33)49(41(34)28-30)40-24-12-7-19-35(40)45-47-43-36-20-8-13-25-42(36)51-44(43)46(48-45)50-38-22-10-5-16-31(38)32-17-6-11-23-39(32)50/h1-28H. The number of para-hydroxylation sites is 4. The number of fused-ring (bicyclic) bond motifs is 9. The average Bonchev–Trinajstić information content (AvgIpc) is 3.85. The molecule has 0 aliphatic heterocycles.